The predicted molar refractivity (Wildman–Crippen MR) is 107 cm³/mol. The Morgan fingerprint density at radius 2 is 1.85 bits per heavy atom. The Labute approximate surface area is 168 Å². The quantitative estimate of drug-likeness (QED) is 0.768. The highest BCUT2D eigenvalue weighted by molar-refractivity contribution is 5.85. The molecule has 0 aromatic heterocycles. The molecule has 0 saturated carbocycles. The van der Waals surface area contributed by atoms with E-state index < -0.39 is 17.6 Å². The number of hydrogen-bond acceptors (Lipinski definition) is 5. The van der Waals surface area contributed by atoms with Crippen molar-refractivity contribution in [2.24, 2.45) is 5.92 Å². The van der Waals surface area contributed by atoms with E-state index in [1.807, 2.05) is 58.0 Å². The van der Waals surface area contributed by atoms with Gasteiger partial charge in [0.15, 0.2) is 0 Å². The Morgan fingerprint density at radius 1 is 1.22 bits per heavy atom. The highest BCUT2D eigenvalue weighted by Crippen LogP contribution is 2.24. The lowest BCUT2D eigenvalue weighted by Crippen LogP contribution is -2.41. The number of ether oxygens (including phenoxy) is 2. The summed E-state index contributed by atoms with van der Waals surface area (Å²) in [6.07, 6.45) is -0.400. The summed E-state index contributed by atoms with van der Waals surface area (Å²) in [5.74, 6) is -0.690. The zero-order valence-corrected chi connectivity index (χ0v) is 17.5. The normalized spacial score (nSPS) is 20.6. The summed E-state index contributed by atoms with van der Waals surface area (Å²) in [7, 11) is 0. The molecule has 1 N–H and O–H groups in total. The van der Waals surface area contributed by atoms with E-state index in [9.17, 15) is 9.59 Å². The van der Waals surface area contributed by atoms with Crippen LogP contribution in [0.2, 0.25) is 0 Å². The van der Waals surface area contributed by atoms with Crippen LogP contribution in [0.3, 0.4) is 0 Å². The summed E-state index contributed by atoms with van der Waals surface area (Å²) in [5, 5.41) is 3.48. The van der Waals surface area contributed by atoms with Crippen LogP contribution in [0.25, 0.3) is 0 Å². The molecule has 152 valence electrons. The molecule has 1 aliphatic rings. The first-order chi connectivity index (χ1) is 12.2. The van der Waals surface area contributed by atoms with Crippen molar-refractivity contribution in [3.05, 3.63) is 35.9 Å². The molecular formula is C20H31ClN2O4. The molecule has 27 heavy (non-hydrogen) atoms. The summed E-state index contributed by atoms with van der Waals surface area (Å²) in [4.78, 5) is 26.4. The number of carbonyl (C=O) groups is 2. The molecule has 6 nitrogen and oxygen atoms in total. The van der Waals surface area contributed by atoms with Gasteiger partial charge in [-0.3, -0.25) is 4.79 Å². The maximum atomic E-state index is 12.4. The topological polar surface area (TPSA) is 67.9 Å². The molecule has 1 fully saturated rings. The van der Waals surface area contributed by atoms with Crippen LogP contribution in [0.5, 0.6) is 0 Å². The highest BCUT2D eigenvalue weighted by Gasteiger charge is 2.42. The zero-order valence-electron chi connectivity index (χ0n) is 16.7. The van der Waals surface area contributed by atoms with Crippen LogP contribution in [0.15, 0.2) is 30.3 Å². The molecule has 1 aromatic carbocycles. The monoisotopic (exact) mass is 398 g/mol. The number of hydrogen-bond donors (Lipinski definition) is 1. The number of likely N-dealkylation sites (tertiary alicyclic amines) is 1. The van der Waals surface area contributed by atoms with E-state index in [2.05, 4.69) is 5.32 Å². The first-order valence-corrected chi connectivity index (χ1v) is 9.17. The van der Waals surface area contributed by atoms with E-state index in [4.69, 9.17) is 9.47 Å². The van der Waals surface area contributed by atoms with E-state index in [0.29, 0.717) is 19.7 Å². The number of carbonyl (C=O) groups excluding carboxylic acids is 2. The van der Waals surface area contributed by atoms with E-state index >= 15 is 0 Å². The molecule has 1 saturated heterocycles. The van der Waals surface area contributed by atoms with Crippen LogP contribution in [0.1, 0.15) is 46.2 Å². The summed E-state index contributed by atoms with van der Waals surface area (Å²) < 4.78 is 10.7. The largest absolute Gasteiger partial charge is 0.466 e. The van der Waals surface area contributed by atoms with Gasteiger partial charge < -0.3 is 19.7 Å². The SMILES string of the molecule is CCOC(=O)[C@H]1CN(C(=O)OC(C)(C)C)C[C@@H]1N[C@H](C)c1ccccc1.Cl. The van der Waals surface area contributed by atoms with Crippen molar-refractivity contribution in [2.75, 3.05) is 19.7 Å². The fourth-order valence-electron chi connectivity index (χ4n) is 3.10. The van der Waals surface area contributed by atoms with E-state index in [1.54, 1.807) is 11.8 Å². The lowest BCUT2D eigenvalue weighted by atomic mass is 10.0. The standard InChI is InChI=1S/C20H30N2O4.ClH/c1-6-25-18(23)16-12-22(19(24)26-20(3,4)5)13-17(16)21-14(2)15-10-8-7-9-11-15;/h7-11,14,16-17,21H,6,12-13H2,1-5H3;1H/t14-,16+,17+;/m1./s1. The van der Waals surface area contributed by atoms with Crippen LogP contribution in [-0.4, -0.2) is 48.3 Å². The van der Waals surface area contributed by atoms with Crippen LogP contribution < -0.4 is 5.32 Å². The minimum absolute atomic E-state index is 0. The van der Waals surface area contributed by atoms with Crippen molar-refractivity contribution in [1.29, 1.82) is 0 Å². The van der Waals surface area contributed by atoms with Crippen molar-refractivity contribution in [3.8, 4) is 0 Å². The van der Waals surface area contributed by atoms with Crippen molar-refractivity contribution >= 4 is 24.5 Å². The molecule has 2 rings (SSSR count). The number of benzene rings is 1. The Morgan fingerprint density at radius 3 is 2.41 bits per heavy atom. The third kappa shape index (κ3) is 6.70. The summed E-state index contributed by atoms with van der Waals surface area (Å²) in [5.41, 5.74) is 0.560. The molecule has 0 bridgehead atoms. The van der Waals surface area contributed by atoms with Crippen LogP contribution in [0.4, 0.5) is 4.79 Å². The van der Waals surface area contributed by atoms with Gasteiger partial charge in [-0.2, -0.15) is 0 Å². The highest BCUT2D eigenvalue weighted by atomic mass is 35.5. The molecule has 0 unspecified atom stereocenters. The Hall–Kier alpha value is -1.79. The molecule has 1 aliphatic heterocycles. The van der Waals surface area contributed by atoms with Gasteiger partial charge in [-0.05, 0) is 40.2 Å². The molecule has 0 spiro atoms. The number of esters is 1. The maximum Gasteiger partial charge on any atom is 0.410 e. The Bertz CT molecular complexity index is 618. The number of halogens is 1. The van der Waals surface area contributed by atoms with Crippen molar-refractivity contribution in [1.82, 2.24) is 10.2 Å². The van der Waals surface area contributed by atoms with Gasteiger partial charge in [-0.1, -0.05) is 30.3 Å². The van der Waals surface area contributed by atoms with Gasteiger partial charge in [0.05, 0.1) is 12.5 Å². The van der Waals surface area contributed by atoms with Gasteiger partial charge in [-0.25, -0.2) is 4.79 Å². The minimum atomic E-state index is -0.570. The number of amides is 1. The third-order valence-corrected chi connectivity index (χ3v) is 4.32. The number of nitrogens with zero attached hydrogens (tertiary/aromatic N) is 1. The van der Waals surface area contributed by atoms with Gasteiger partial charge in [0.25, 0.3) is 0 Å². The fraction of sp³-hybridized carbons (Fsp3) is 0.600. The van der Waals surface area contributed by atoms with E-state index in [-0.39, 0.29) is 30.5 Å². The second-order valence-corrected chi connectivity index (χ2v) is 7.65. The first kappa shape index (κ1) is 23.2. The van der Waals surface area contributed by atoms with Crippen molar-refractivity contribution < 1.29 is 19.1 Å². The molecule has 1 amide bonds. The Kier molecular flexibility index (Phi) is 8.57. The lowest BCUT2D eigenvalue weighted by molar-refractivity contribution is -0.148. The van der Waals surface area contributed by atoms with Gasteiger partial charge >= 0.3 is 12.1 Å². The summed E-state index contributed by atoms with van der Waals surface area (Å²) >= 11 is 0. The van der Waals surface area contributed by atoms with Crippen LogP contribution in [-0.2, 0) is 14.3 Å². The Balaban J connectivity index is 0.00000364. The van der Waals surface area contributed by atoms with Gasteiger partial charge in [0.1, 0.15) is 5.60 Å². The molecule has 1 aromatic rings. The van der Waals surface area contributed by atoms with E-state index in [0.717, 1.165) is 5.56 Å². The van der Waals surface area contributed by atoms with Crippen LogP contribution >= 0.6 is 12.4 Å². The molecule has 7 heteroatoms. The summed E-state index contributed by atoms with van der Waals surface area (Å²) in [6, 6.07) is 9.89. The number of nitrogens with one attached hydrogen (secondary N) is 1. The second-order valence-electron chi connectivity index (χ2n) is 7.65. The van der Waals surface area contributed by atoms with Gasteiger partial charge in [-0.15, -0.1) is 12.4 Å². The fourth-order valence-corrected chi connectivity index (χ4v) is 3.10. The third-order valence-electron chi connectivity index (χ3n) is 4.32. The van der Waals surface area contributed by atoms with Gasteiger partial charge in [0.2, 0.25) is 0 Å². The molecule has 3 atom stereocenters. The smallest absolute Gasteiger partial charge is 0.410 e. The second kappa shape index (κ2) is 9.95. The minimum Gasteiger partial charge on any atom is -0.466 e. The number of rotatable bonds is 5. The molecule has 0 aliphatic carbocycles. The molecule has 0 radical (unpaired) electrons. The lowest BCUT2D eigenvalue weighted by Gasteiger charge is -2.25. The van der Waals surface area contributed by atoms with E-state index in [1.165, 1.54) is 0 Å². The average Bonchev–Trinajstić information content (AvgIpc) is 2.98. The van der Waals surface area contributed by atoms with Gasteiger partial charge in [0, 0.05) is 25.2 Å². The predicted octanol–water partition coefficient (Wildman–Crippen LogP) is 3.56. The average molecular weight is 399 g/mol. The van der Waals surface area contributed by atoms with Crippen LogP contribution in [0, 0.1) is 5.92 Å². The first-order valence-electron chi connectivity index (χ1n) is 9.17. The molecule has 1 heterocycles. The van der Waals surface area contributed by atoms with Crippen molar-refractivity contribution in [3.63, 3.8) is 0 Å². The zero-order chi connectivity index (χ0) is 19.3. The van der Waals surface area contributed by atoms with Crippen molar-refractivity contribution in [2.45, 2.75) is 52.3 Å². The summed E-state index contributed by atoms with van der Waals surface area (Å²) in [6.45, 7) is 10.4. The molecular weight excluding hydrogens is 368 g/mol. The maximum absolute atomic E-state index is 12.4.